The molecule has 0 atom stereocenters. The van der Waals surface area contributed by atoms with Gasteiger partial charge in [-0.2, -0.15) is 0 Å². The maximum atomic E-state index is 5.68. The summed E-state index contributed by atoms with van der Waals surface area (Å²) in [6.07, 6.45) is 0.785. The lowest BCUT2D eigenvalue weighted by molar-refractivity contribution is 0.416. The van der Waals surface area contributed by atoms with Crippen LogP contribution in [0.3, 0.4) is 0 Å². The van der Waals surface area contributed by atoms with Crippen LogP contribution in [-0.2, 0) is 6.42 Å². The zero-order valence-electron chi connectivity index (χ0n) is 11.7. The number of para-hydroxylation sites is 1. The van der Waals surface area contributed by atoms with E-state index >= 15 is 0 Å². The van der Waals surface area contributed by atoms with E-state index in [4.69, 9.17) is 15.5 Å². The van der Waals surface area contributed by atoms with Gasteiger partial charge in [0.15, 0.2) is 0 Å². The molecular formula is C15H21N3O. The topological polar surface area (TPSA) is 63.9 Å². The minimum absolute atomic E-state index is 0.361. The highest BCUT2D eigenvalue weighted by Crippen LogP contribution is 2.31. The number of benzene rings is 1. The van der Waals surface area contributed by atoms with Gasteiger partial charge < -0.3 is 15.5 Å². The third-order valence-electron chi connectivity index (χ3n) is 3.10. The van der Waals surface area contributed by atoms with Crippen molar-refractivity contribution < 1.29 is 4.74 Å². The highest BCUT2D eigenvalue weighted by Gasteiger charge is 2.16. The predicted molar refractivity (Wildman–Crippen MR) is 77.4 cm³/mol. The molecule has 0 aliphatic rings. The van der Waals surface area contributed by atoms with E-state index in [9.17, 15) is 0 Å². The van der Waals surface area contributed by atoms with E-state index in [2.05, 4.69) is 18.8 Å². The molecule has 0 saturated carbocycles. The van der Waals surface area contributed by atoms with Gasteiger partial charge in [-0.05, 0) is 18.7 Å². The van der Waals surface area contributed by atoms with Crippen molar-refractivity contribution in [1.82, 2.24) is 9.97 Å². The van der Waals surface area contributed by atoms with Crippen molar-refractivity contribution in [2.24, 2.45) is 5.73 Å². The first-order valence-corrected chi connectivity index (χ1v) is 6.59. The first-order chi connectivity index (χ1) is 9.17. The Morgan fingerprint density at radius 3 is 2.68 bits per heavy atom. The molecular weight excluding hydrogens is 238 g/mol. The largest absolute Gasteiger partial charge is 0.496 e. The lowest BCUT2D eigenvalue weighted by atomic mass is 10.1. The summed E-state index contributed by atoms with van der Waals surface area (Å²) in [7, 11) is 1.68. The third kappa shape index (κ3) is 2.79. The molecule has 2 aromatic rings. The van der Waals surface area contributed by atoms with Crippen LogP contribution in [0.5, 0.6) is 5.75 Å². The van der Waals surface area contributed by atoms with E-state index in [0.29, 0.717) is 12.5 Å². The number of aromatic nitrogens is 2. The molecule has 0 aliphatic heterocycles. The molecule has 0 saturated heterocycles. The summed E-state index contributed by atoms with van der Waals surface area (Å²) >= 11 is 0. The quantitative estimate of drug-likeness (QED) is 0.867. The van der Waals surface area contributed by atoms with Crippen molar-refractivity contribution in [3.63, 3.8) is 0 Å². The van der Waals surface area contributed by atoms with Crippen LogP contribution in [0.15, 0.2) is 24.3 Å². The van der Waals surface area contributed by atoms with Crippen LogP contribution in [-0.4, -0.2) is 23.6 Å². The Morgan fingerprint density at radius 1 is 1.32 bits per heavy atom. The van der Waals surface area contributed by atoms with Crippen molar-refractivity contribution in [2.45, 2.75) is 26.2 Å². The number of hydrogen-bond acceptors (Lipinski definition) is 3. The fourth-order valence-corrected chi connectivity index (χ4v) is 2.09. The number of nitrogens with two attached hydrogens (primary N) is 1. The van der Waals surface area contributed by atoms with E-state index in [1.807, 2.05) is 24.3 Å². The maximum Gasteiger partial charge on any atom is 0.128 e. The molecule has 4 nitrogen and oxygen atoms in total. The molecule has 0 amide bonds. The lowest BCUT2D eigenvalue weighted by Gasteiger charge is -2.07. The average molecular weight is 259 g/mol. The van der Waals surface area contributed by atoms with Crippen LogP contribution in [0.1, 0.15) is 31.3 Å². The van der Waals surface area contributed by atoms with Gasteiger partial charge in [-0.1, -0.05) is 26.0 Å². The van der Waals surface area contributed by atoms with Gasteiger partial charge in [-0.25, -0.2) is 4.98 Å². The Hall–Kier alpha value is -1.81. The first-order valence-electron chi connectivity index (χ1n) is 6.59. The van der Waals surface area contributed by atoms with Crippen molar-refractivity contribution in [2.75, 3.05) is 13.7 Å². The summed E-state index contributed by atoms with van der Waals surface area (Å²) in [6, 6.07) is 7.93. The molecule has 1 heterocycles. The van der Waals surface area contributed by atoms with Gasteiger partial charge in [0, 0.05) is 23.6 Å². The molecule has 0 radical (unpaired) electrons. The van der Waals surface area contributed by atoms with Gasteiger partial charge in [0.2, 0.25) is 0 Å². The summed E-state index contributed by atoms with van der Waals surface area (Å²) in [5.41, 5.74) is 8.73. The smallest absolute Gasteiger partial charge is 0.128 e. The summed E-state index contributed by atoms with van der Waals surface area (Å²) in [4.78, 5) is 8.10. The molecule has 2 rings (SSSR count). The lowest BCUT2D eigenvalue weighted by Crippen LogP contribution is -2.04. The minimum atomic E-state index is 0.361. The molecule has 0 spiro atoms. The zero-order valence-corrected chi connectivity index (χ0v) is 11.7. The molecule has 1 aromatic carbocycles. The number of hydrogen-bond donors (Lipinski definition) is 2. The summed E-state index contributed by atoms with van der Waals surface area (Å²) in [5, 5.41) is 0. The summed E-state index contributed by atoms with van der Waals surface area (Å²) < 4.78 is 5.42. The van der Waals surface area contributed by atoms with Crippen molar-refractivity contribution in [1.29, 1.82) is 0 Å². The monoisotopic (exact) mass is 259 g/mol. The van der Waals surface area contributed by atoms with E-state index in [1.165, 1.54) is 0 Å². The van der Waals surface area contributed by atoms with Crippen molar-refractivity contribution in [3.8, 4) is 17.0 Å². The molecule has 0 aliphatic carbocycles. The Bertz CT molecular complexity index is 546. The maximum absolute atomic E-state index is 5.68. The second kappa shape index (κ2) is 5.89. The van der Waals surface area contributed by atoms with Crippen molar-refractivity contribution >= 4 is 0 Å². The van der Waals surface area contributed by atoms with Gasteiger partial charge >= 0.3 is 0 Å². The fraction of sp³-hybridized carbons (Fsp3) is 0.400. The van der Waals surface area contributed by atoms with Gasteiger partial charge in [0.25, 0.3) is 0 Å². The van der Waals surface area contributed by atoms with Gasteiger partial charge in [0.05, 0.1) is 12.8 Å². The van der Waals surface area contributed by atoms with Crippen LogP contribution in [0.2, 0.25) is 0 Å². The molecule has 19 heavy (non-hydrogen) atoms. The molecule has 4 heteroatoms. The Balaban J connectivity index is 2.53. The second-order valence-corrected chi connectivity index (χ2v) is 4.84. The second-order valence-electron chi connectivity index (χ2n) is 4.84. The number of H-pyrrole nitrogens is 1. The Labute approximate surface area is 114 Å². The highest BCUT2D eigenvalue weighted by molar-refractivity contribution is 5.69. The number of ether oxygens (including phenoxy) is 1. The number of nitrogens with one attached hydrogen (secondary N) is 1. The number of aromatic amines is 1. The van der Waals surface area contributed by atoms with E-state index in [1.54, 1.807) is 7.11 Å². The third-order valence-corrected chi connectivity index (χ3v) is 3.10. The van der Waals surface area contributed by atoms with Crippen molar-refractivity contribution in [3.05, 3.63) is 35.8 Å². The van der Waals surface area contributed by atoms with Gasteiger partial charge in [-0.15, -0.1) is 0 Å². The summed E-state index contributed by atoms with van der Waals surface area (Å²) in [6.45, 7) is 4.84. The first kappa shape index (κ1) is 13.6. The van der Waals surface area contributed by atoms with E-state index < -0.39 is 0 Å². The van der Waals surface area contributed by atoms with Crippen LogP contribution < -0.4 is 10.5 Å². The molecule has 102 valence electrons. The number of rotatable bonds is 5. The number of imidazole rings is 1. The van der Waals surface area contributed by atoms with E-state index in [0.717, 1.165) is 34.9 Å². The Kier molecular flexibility index (Phi) is 4.22. The zero-order chi connectivity index (χ0) is 13.8. The molecule has 0 unspecified atom stereocenters. The highest BCUT2D eigenvalue weighted by atomic mass is 16.5. The van der Waals surface area contributed by atoms with Crippen LogP contribution in [0.25, 0.3) is 11.3 Å². The Morgan fingerprint density at radius 2 is 2.05 bits per heavy atom. The average Bonchev–Trinajstić information content (AvgIpc) is 2.83. The summed E-state index contributed by atoms with van der Waals surface area (Å²) in [5.74, 6) is 2.19. The van der Waals surface area contributed by atoms with Gasteiger partial charge in [-0.3, -0.25) is 0 Å². The molecule has 0 fully saturated rings. The molecule has 3 N–H and O–H groups in total. The molecule has 0 bridgehead atoms. The van der Waals surface area contributed by atoms with Gasteiger partial charge in [0.1, 0.15) is 11.6 Å². The van der Waals surface area contributed by atoms with Crippen LogP contribution >= 0.6 is 0 Å². The fourth-order valence-electron chi connectivity index (χ4n) is 2.09. The van der Waals surface area contributed by atoms with Crippen LogP contribution in [0, 0.1) is 0 Å². The predicted octanol–water partition coefficient (Wildman–Crippen LogP) is 2.71. The van der Waals surface area contributed by atoms with E-state index in [-0.39, 0.29) is 0 Å². The number of methoxy groups -OCH3 is 1. The van der Waals surface area contributed by atoms with Crippen LogP contribution in [0.4, 0.5) is 0 Å². The SMILES string of the molecule is COc1ccccc1-c1nc(C(C)C)[nH]c1CCN. The molecule has 1 aromatic heterocycles. The number of nitrogens with zero attached hydrogens (tertiary/aromatic N) is 1. The minimum Gasteiger partial charge on any atom is -0.496 e. The normalized spacial score (nSPS) is 11.0. The standard InChI is InChI=1S/C15H21N3O/c1-10(2)15-17-12(8-9-16)14(18-15)11-6-4-5-7-13(11)19-3/h4-7,10H,8-9,16H2,1-3H3,(H,17,18).